The van der Waals surface area contributed by atoms with Gasteiger partial charge in [0.15, 0.2) is 0 Å². The molecule has 0 aliphatic carbocycles. The van der Waals surface area contributed by atoms with E-state index in [0.29, 0.717) is 24.7 Å². The van der Waals surface area contributed by atoms with E-state index in [0.717, 1.165) is 6.54 Å². The molecule has 1 amide bonds. The molecule has 1 atom stereocenters. The van der Waals surface area contributed by atoms with Crippen molar-refractivity contribution in [2.24, 2.45) is 0 Å². The summed E-state index contributed by atoms with van der Waals surface area (Å²) >= 11 is 0. The summed E-state index contributed by atoms with van der Waals surface area (Å²) in [7, 11) is 0. The van der Waals surface area contributed by atoms with Crippen molar-refractivity contribution in [3.63, 3.8) is 0 Å². The topological polar surface area (TPSA) is 32.3 Å². The first kappa shape index (κ1) is 12.8. The van der Waals surface area contributed by atoms with E-state index in [1.807, 2.05) is 6.92 Å². The van der Waals surface area contributed by atoms with E-state index in [2.05, 4.69) is 5.32 Å². The maximum Gasteiger partial charge on any atom is 0.246 e. The van der Waals surface area contributed by atoms with Gasteiger partial charge < -0.3 is 10.2 Å². The summed E-state index contributed by atoms with van der Waals surface area (Å²) in [6.07, 6.45) is 2.97. The molecule has 1 saturated heterocycles. The van der Waals surface area contributed by atoms with Crippen LogP contribution in [0.15, 0.2) is 30.3 Å². The van der Waals surface area contributed by atoms with Crippen molar-refractivity contribution in [3.8, 4) is 0 Å². The second kappa shape index (κ2) is 5.78. The predicted molar refractivity (Wildman–Crippen MR) is 69.5 cm³/mol. The fraction of sp³-hybridized carbons (Fsp3) is 0.357. The molecule has 1 aliphatic rings. The first-order valence-corrected chi connectivity index (χ1v) is 6.12. The number of benzene rings is 1. The highest BCUT2D eigenvalue weighted by molar-refractivity contribution is 5.91. The van der Waals surface area contributed by atoms with Crippen LogP contribution < -0.4 is 5.32 Å². The summed E-state index contributed by atoms with van der Waals surface area (Å²) in [4.78, 5) is 13.7. The predicted octanol–water partition coefficient (Wildman–Crippen LogP) is 1.66. The van der Waals surface area contributed by atoms with Crippen molar-refractivity contribution in [1.29, 1.82) is 0 Å². The summed E-state index contributed by atoms with van der Waals surface area (Å²) in [6, 6.07) is 6.73. The Morgan fingerprint density at radius 3 is 3.00 bits per heavy atom. The van der Waals surface area contributed by atoms with Crippen LogP contribution in [0, 0.1) is 5.82 Å². The Hall–Kier alpha value is -1.68. The third-order valence-electron chi connectivity index (χ3n) is 2.99. The van der Waals surface area contributed by atoms with Gasteiger partial charge in [-0.05, 0) is 19.1 Å². The number of halogens is 1. The van der Waals surface area contributed by atoms with Gasteiger partial charge in [0.25, 0.3) is 0 Å². The molecule has 0 saturated carbocycles. The van der Waals surface area contributed by atoms with Crippen LogP contribution in [0.5, 0.6) is 0 Å². The number of amides is 1. The average molecular weight is 248 g/mol. The molecule has 1 unspecified atom stereocenters. The SMILES string of the molecule is CC1CN(C(=O)/C=C/c2ccccc2F)CCN1. The Balaban J connectivity index is 2.01. The second-order valence-electron chi connectivity index (χ2n) is 4.49. The van der Waals surface area contributed by atoms with Gasteiger partial charge in [-0.15, -0.1) is 0 Å². The number of rotatable bonds is 2. The molecular formula is C14H17FN2O. The molecule has 1 aromatic rings. The van der Waals surface area contributed by atoms with Crippen LogP contribution in [-0.4, -0.2) is 36.5 Å². The number of carbonyl (C=O) groups excluding carboxylic acids is 1. The fourth-order valence-corrected chi connectivity index (χ4v) is 2.01. The van der Waals surface area contributed by atoms with Crippen molar-refractivity contribution in [3.05, 3.63) is 41.7 Å². The van der Waals surface area contributed by atoms with Crippen LogP contribution in [0.25, 0.3) is 6.08 Å². The van der Waals surface area contributed by atoms with Gasteiger partial charge >= 0.3 is 0 Å². The number of nitrogens with zero attached hydrogens (tertiary/aromatic N) is 1. The van der Waals surface area contributed by atoms with E-state index >= 15 is 0 Å². The molecule has 0 spiro atoms. The van der Waals surface area contributed by atoms with E-state index in [1.165, 1.54) is 18.2 Å². The molecule has 1 N–H and O–H groups in total. The van der Waals surface area contributed by atoms with Crippen molar-refractivity contribution < 1.29 is 9.18 Å². The Kier molecular flexibility index (Phi) is 4.10. The molecule has 1 fully saturated rings. The maximum absolute atomic E-state index is 13.4. The number of hydrogen-bond acceptors (Lipinski definition) is 2. The van der Waals surface area contributed by atoms with Gasteiger partial charge in [-0.1, -0.05) is 18.2 Å². The van der Waals surface area contributed by atoms with Gasteiger partial charge in [0.2, 0.25) is 5.91 Å². The summed E-state index contributed by atoms with van der Waals surface area (Å²) in [5.74, 6) is -0.373. The highest BCUT2D eigenvalue weighted by Crippen LogP contribution is 2.09. The molecule has 1 aromatic carbocycles. The summed E-state index contributed by atoms with van der Waals surface area (Å²) in [5.41, 5.74) is 0.439. The third kappa shape index (κ3) is 3.17. The molecule has 96 valence electrons. The first-order valence-electron chi connectivity index (χ1n) is 6.12. The molecule has 18 heavy (non-hydrogen) atoms. The van der Waals surface area contributed by atoms with Crippen molar-refractivity contribution >= 4 is 12.0 Å². The monoisotopic (exact) mass is 248 g/mol. The highest BCUT2D eigenvalue weighted by Gasteiger charge is 2.18. The highest BCUT2D eigenvalue weighted by atomic mass is 19.1. The molecular weight excluding hydrogens is 231 g/mol. The zero-order valence-corrected chi connectivity index (χ0v) is 10.4. The Labute approximate surface area is 106 Å². The van der Waals surface area contributed by atoms with E-state index in [-0.39, 0.29) is 11.7 Å². The van der Waals surface area contributed by atoms with E-state index in [1.54, 1.807) is 23.1 Å². The molecule has 0 bridgehead atoms. The van der Waals surface area contributed by atoms with Crippen LogP contribution in [0.1, 0.15) is 12.5 Å². The van der Waals surface area contributed by atoms with Gasteiger partial charge in [-0.25, -0.2) is 4.39 Å². The van der Waals surface area contributed by atoms with Crippen molar-refractivity contribution in [2.75, 3.05) is 19.6 Å². The van der Waals surface area contributed by atoms with Crippen LogP contribution in [0.2, 0.25) is 0 Å². The minimum atomic E-state index is -0.310. The molecule has 2 rings (SSSR count). The van der Waals surface area contributed by atoms with Crippen LogP contribution in [0.4, 0.5) is 4.39 Å². The lowest BCUT2D eigenvalue weighted by Crippen LogP contribution is -2.50. The lowest BCUT2D eigenvalue weighted by molar-refractivity contribution is -0.127. The quantitative estimate of drug-likeness (QED) is 0.807. The van der Waals surface area contributed by atoms with Crippen LogP contribution in [-0.2, 0) is 4.79 Å². The first-order chi connectivity index (χ1) is 8.66. The summed E-state index contributed by atoms with van der Waals surface area (Å²) in [5, 5.41) is 3.27. The van der Waals surface area contributed by atoms with Crippen molar-refractivity contribution in [2.45, 2.75) is 13.0 Å². The standard InChI is InChI=1S/C14H17FN2O/c1-11-10-17(9-8-16-11)14(18)7-6-12-4-2-3-5-13(12)15/h2-7,11,16H,8-10H2,1H3/b7-6+. The molecule has 1 heterocycles. The van der Waals surface area contributed by atoms with Gasteiger partial charge in [0.1, 0.15) is 5.82 Å². The third-order valence-corrected chi connectivity index (χ3v) is 2.99. The Morgan fingerprint density at radius 1 is 1.50 bits per heavy atom. The largest absolute Gasteiger partial charge is 0.336 e. The Bertz CT molecular complexity index is 459. The molecule has 1 aliphatic heterocycles. The summed E-state index contributed by atoms with van der Waals surface area (Å²) < 4.78 is 13.4. The van der Waals surface area contributed by atoms with E-state index < -0.39 is 0 Å². The summed E-state index contributed by atoms with van der Waals surface area (Å²) in [6.45, 7) is 4.24. The zero-order chi connectivity index (χ0) is 13.0. The average Bonchev–Trinajstić information content (AvgIpc) is 2.37. The zero-order valence-electron chi connectivity index (χ0n) is 10.4. The smallest absolute Gasteiger partial charge is 0.246 e. The van der Waals surface area contributed by atoms with E-state index in [4.69, 9.17) is 0 Å². The minimum absolute atomic E-state index is 0.0633. The number of piperazine rings is 1. The number of nitrogens with one attached hydrogen (secondary N) is 1. The van der Waals surface area contributed by atoms with Crippen LogP contribution >= 0.6 is 0 Å². The van der Waals surface area contributed by atoms with Gasteiger partial charge in [0.05, 0.1) is 0 Å². The molecule has 0 aromatic heterocycles. The van der Waals surface area contributed by atoms with Gasteiger partial charge in [-0.2, -0.15) is 0 Å². The van der Waals surface area contributed by atoms with Crippen LogP contribution in [0.3, 0.4) is 0 Å². The molecule has 3 nitrogen and oxygen atoms in total. The van der Waals surface area contributed by atoms with E-state index in [9.17, 15) is 9.18 Å². The normalized spacial score (nSPS) is 20.3. The molecule has 4 heteroatoms. The van der Waals surface area contributed by atoms with Gasteiger partial charge in [-0.3, -0.25) is 4.79 Å². The number of hydrogen-bond donors (Lipinski definition) is 1. The Morgan fingerprint density at radius 2 is 2.28 bits per heavy atom. The molecule has 0 radical (unpaired) electrons. The number of carbonyl (C=O) groups is 1. The lowest BCUT2D eigenvalue weighted by Gasteiger charge is -2.31. The fourth-order valence-electron chi connectivity index (χ4n) is 2.01. The lowest BCUT2D eigenvalue weighted by atomic mass is 10.2. The van der Waals surface area contributed by atoms with Crippen molar-refractivity contribution in [1.82, 2.24) is 10.2 Å². The van der Waals surface area contributed by atoms with Gasteiger partial charge in [0, 0.05) is 37.3 Å². The second-order valence-corrected chi connectivity index (χ2v) is 4.49. The maximum atomic E-state index is 13.4. The minimum Gasteiger partial charge on any atom is -0.336 e.